The highest BCUT2D eigenvalue weighted by atomic mass is 32.1. The molecule has 6 heterocycles. The van der Waals surface area contributed by atoms with Gasteiger partial charge < -0.3 is 19.3 Å². The normalized spacial score (nSPS) is 19.7. The number of esters is 1. The summed E-state index contributed by atoms with van der Waals surface area (Å²) >= 11 is 1.38. The third kappa shape index (κ3) is 11.5. The second kappa shape index (κ2) is 22.3. The van der Waals surface area contributed by atoms with Gasteiger partial charge in [-0.25, -0.2) is 14.8 Å². The summed E-state index contributed by atoms with van der Waals surface area (Å²) in [5.74, 6) is -1.69. The lowest BCUT2D eigenvalue weighted by Gasteiger charge is -2.40. The number of benzene rings is 4. The Morgan fingerprint density at radius 1 is 0.825 bits per heavy atom. The summed E-state index contributed by atoms with van der Waals surface area (Å²) in [6.45, 7) is 11.6. The molecule has 7 aromatic rings. The lowest BCUT2D eigenvalue weighted by molar-refractivity contribution is -0.139. The van der Waals surface area contributed by atoms with Crippen LogP contribution in [0.25, 0.3) is 32.2 Å². The molecule has 0 spiro atoms. The Morgan fingerprint density at radius 2 is 1.59 bits per heavy atom. The maximum absolute atomic E-state index is 15.5. The number of ether oxygens (including phenoxy) is 2. The van der Waals surface area contributed by atoms with Gasteiger partial charge in [-0.3, -0.25) is 34.6 Å². The molecule has 0 bridgehead atoms. The van der Waals surface area contributed by atoms with Gasteiger partial charge in [-0.15, -0.1) is 0 Å². The van der Waals surface area contributed by atoms with E-state index in [0.717, 1.165) is 89.8 Å². The molecule has 1 saturated carbocycles. The van der Waals surface area contributed by atoms with Crippen LogP contribution in [0.3, 0.4) is 0 Å². The van der Waals surface area contributed by atoms with Crippen molar-refractivity contribution in [2.24, 2.45) is 13.0 Å². The molecule has 4 aliphatic rings. The van der Waals surface area contributed by atoms with Crippen molar-refractivity contribution < 1.29 is 41.8 Å². The van der Waals surface area contributed by atoms with Gasteiger partial charge in [-0.2, -0.15) is 18.3 Å². The number of hydrogen-bond acceptors (Lipinski definition) is 13. The zero-order valence-electron chi connectivity index (χ0n) is 45.7. The molecule has 418 valence electrons. The number of hydrogen-bond donors (Lipinski definition) is 2. The topological polar surface area (TPSA) is 164 Å². The molecule has 2 N–H and O–H groups in total. The highest BCUT2D eigenvalue weighted by Crippen LogP contribution is 2.46. The van der Waals surface area contributed by atoms with Crippen molar-refractivity contribution in [3.8, 4) is 16.9 Å². The van der Waals surface area contributed by atoms with Crippen molar-refractivity contribution in [3.05, 3.63) is 125 Å². The van der Waals surface area contributed by atoms with Gasteiger partial charge in [0.2, 0.25) is 11.8 Å². The highest BCUT2D eigenvalue weighted by Gasteiger charge is 2.40. The fourth-order valence-electron chi connectivity index (χ4n) is 12.1. The van der Waals surface area contributed by atoms with Gasteiger partial charge in [-0.05, 0) is 139 Å². The number of rotatable bonds is 13. The molecule has 2 saturated heterocycles. The SMILES string of the molecule is C[C@H](CCC1CCC(Oc2cccc(-c3ccc(N4CCc5cccc(C(=O)Nc6nc7ccccc7s6)c5C4)nc3C(=O)OC(C)(C)C)c2C(F)(F)F)CC1)N1CCN(c2cccc3c(C4CCC(=O)NC4=O)nn(C)c23)CC1. The van der Waals surface area contributed by atoms with Crippen molar-refractivity contribution in [1.29, 1.82) is 0 Å². The molecule has 11 rings (SSSR count). The van der Waals surface area contributed by atoms with Crippen molar-refractivity contribution in [1.82, 2.24) is 30.0 Å². The second-order valence-electron chi connectivity index (χ2n) is 22.7. The Balaban J connectivity index is 0.738. The number of amides is 3. The molecule has 19 heteroatoms. The number of fused-ring (bicyclic) bond motifs is 3. The van der Waals surface area contributed by atoms with Crippen LogP contribution >= 0.6 is 11.3 Å². The number of alkyl halides is 3. The van der Waals surface area contributed by atoms with Crippen LogP contribution in [-0.4, -0.2) is 98.8 Å². The number of imide groups is 1. The number of nitrogens with one attached hydrogen (secondary N) is 2. The number of carbonyl (C=O) groups is 4. The molecule has 3 aliphatic heterocycles. The number of anilines is 3. The van der Waals surface area contributed by atoms with Gasteiger partial charge in [0.05, 0.1) is 39.1 Å². The summed E-state index contributed by atoms with van der Waals surface area (Å²) < 4.78 is 61.5. The Morgan fingerprint density at radius 3 is 2.34 bits per heavy atom. The molecule has 3 aromatic heterocycles. The van der Waals surface area contributed by atoms with Crippen LogP contribution in [0.2, 0.25) is 0 Å². The summed E-state index contributed by atoms with van der Waals surface area (Å²) in [4.78, 5) is 68.8. The summed E-state index contributed by atoms with van der Waals surface area (Å²) in [5, 5.41) is 11.6. The Labute approximate surface area is 466 Å². The number of pyridine rings is 1. The van der Waals surface area contributed by atoms with E-state index in [2.05, 4.69) is 38.4 Å². The minimum atomic E-state index is -4.85. The molecular weight excluding hydrogens is 1040 g/mol. The maximum Gasteiger partial charge on any atom is 0.420 e. The van der Waals surface area contributed by atoms with Gasteiger partial charge in [0.1, 0.15) is 22.7 Å². The summed E-state index contributed by atoms with van der Waals surface area (Å²) in [7, 11) is 1.91. The van der Waals surface area contributed by atoms with Crippen molar-refractivity contribution >= 4 is 72.8 Å². The number of halogens is 3. The van der Waals surface area contributed by atoms with Crippen LogP contribution in [0.4, 0.5) is 29.8 Å². The van der Waals surface area contributed by atoms with Crippen LogP contribution in [0, 0.1) is 5.92 Å². The first-order valence-corrected chi connectivity index (χ1v) is 28.6. The summed E-state index contributed by atoms with van der Waals surface area (Å²) in [6.07, 6.45) is 0.966. The Bertz CT molecular complexity index is 3470. The molecule has 4 aromatic carbocycles. The third-order valence-corrected chi connectivity index (χ3v) is 17.2. The third-order valence-electron chi connectivity index (χ3n) is 16.2. The number of piperazine rings is 1. The van der Waals surface area contributed by atoms with E-state index in [1.807, 2.05) is 65.2 Å². The van der Waals surface area contributed by atoms with Crippen LogP contribution in [-0.2, 0) is 40.5 Å². The van der Waals surface area contributed by atoms with Crippen LogP contribution < -0.4 is 25.2 Å². The highest BCUT2D eigenvalue weighted by molar-refractivity contribution is 7.22. The van der Waals surface area contributed by atoms with E-state index in [4.69, 9.17) is 19.6 Å². The predicted octanol–water partition coefficient (Wildman–Crippen LogP) is 11.5. The smallest absolute Gasteiger partial charge is 0.420 e. The van der Waals surface area contributed by atoms with E-state index in [0.29, 0.717) is 72.8 Å². The number of para-hydroxylation sites is 2. The number of piperidine rings is 1. The standard InChI is InChI=1S/C61H66F3N9O6S/c1-36(71-31-33-72(34-32-71)47-16-9-14-43-53(69-70(5)55(43)47)44-26-28-51(74)67-57(44)76)19-20-37-21-23-39(24-22-37)78-48-17-10-12-40(52(48)61(62,63)64)41-25-27-50(66-54(41)58(77)79-60(2,3)4)73-30-29-38-11-8-13-42(45(38)35-73)56(75)68-59-65-46-15-6-7-18-49(46)80-59/h6-18,25,27,36-37,39,44H,19-24,26,28-35H2,1-5H3,(H,65,68,75)(H,67,74,76)/t36-,37?,39?,44?/m1/s1. The number of thiazole rings is 1. The molecule has 1 aliphatic carbocycles. The molecule has 80 heavy (non-hydrogen) atoms. The molecule has 1 unspecified atom stereocenters. The molecule has 15 nitrogen and oxygen atoms in total. The monoisotopic (exact) mass is 1110 g/mol. The minimum Gasteiger partial charge on any atom is -0.490 e. The van der Waals surface area contributed by atoms with Crippen molar-refractivity contribution in [3.63, 3.8) is 0 Å². The average molecular weight is 1110 g/mol. The zero-order valence-corrected chi connectivity index (χ0v) is 46.5. The molecule has 0 radical (unpaired) electrons. The zero-order chi connectivity index (χ0) is 56.0. The van der Waals surface area contributed by atoms with Gasteiger partial charge in [0.15, 0.2) is 10.8 Å². The van der Waals surface area contributed by atoms with Crippen LogP contribution in [0.5, 0.6) is 5.75 Å². The van der Waals surface area contributed by atoms with Gasteiger partial charge in [0, 0.05) is 80.9 Å². The van der Waals surface area contributed by atoms with E-state index < -0.39 is 35.3 Å². The molecular formula is C61H66F3N9O6S. The fourth-order valence-corrected chi connectivity index (χ4v) is 13.0. The molecule has 2 atom stereocenters. The minimum absolute atomic E-state index is 0.0280. The van der Waals surface area contributed by atoms with Crippen molar-refractivity contribution in [2.45, 2.75) is 122 Å². The van der Waals surface area contributed by atoms with Crippen LogP contribution in [0.1, 0.15) is 128 Å². The average Bonchev–Trinajstić information content (AvgIpc) is 4.06. The van der Waals surface area contributed by atoms with E-state index in [1.165, 1.54) is 35.6 Å². The number of aryl methyl sites for hydroxylation is 1. The van der Waals surface area contributed by atoms with E-state index in [1.54, 1.807) is 32.9 Å². The lowest BCUT2D eigenvalue weighted by Crippen LogP contribution is -2.49. The first kappa shape index (κ1) is 54.6. The number of nitrogens with zero attached hydrogens (tertiary/aromatic N) is 7. The quantitative estimate of drug-likeness (QED) is 0.0831. The summed E-state index contributed by atoms with van der Waals surface area (Å²) in [6, 6.07) is 27.1. The van der Waals surface area contributed by atoms with E-state index in [9.17, 15) is 19.2 Å². The largest absolute Gasteiger partial charge is 0.490 e. The number of aromatic nitrogens is 4. The van der Waals surface area contributed by atoms with E-state index in [-0.39, 0.29) is 46.8 Å². The lowest BCUT2D eigenvalue weighted by atomic mass is 9.83. The maximum atomic E-state index is 15.5. The predicted molar refractivity (Wildman–Crippen MR) is 303 cm³/mol. The fraction of sp³-hybridized carbons (Fsp3) is 0.426. The first-order chi connectivity index (χ1) is 38.3. The van der Waals surface area contributed by atoms with E-state index >= 15 is 13.2 Å². The Hall–Kier alpha value is -7.38. The number of carbonyl (C=O) groups excluding carboxylic acids is 4. The van der Waals surface area contributed by atoms with Gasteiger partial charge >= 0.3 is 12.1 Å². The molecule has 3 fully saturated rings. The van der Waals surface area contributed by atoms with Crippen molar-refractivity contribution in [2.75, 3.05) is 47.8 Å². The van der Waals surface area contributed by atoms with Crippen LogP contribution in [0.15, 0.2) is 91.0 Å². The first-order valence-electron chi connectivity index (χ1n) is 27.8. The van der Waals surface area contributed by atoms with Gasteiger partial charge in [-0.1, -0.05) is 59.9 Å². The summed E-state index contributed by atoms with van der Waals surface area (Å²) in [5.41, 5.74) is 3.33. The second-order valence-corrected chi connectivity index (χ2v) is 23.7. The van der Waals surface area contributed by atoms with Gasteiger partial charge in [0.25, 0.3) is 5.91 Å². The Kier molecular flexibility index (Phi) is 15.2. The molecule has 3 amide bonds.